The minimum absolute atomic E-state index is 0.121. The van der Waals surface area contributed by atoms with E-state index in [1.54, 1.807) is 0 Å². The zero-order valence-corrected chi connectivity index (χ0v) is 10.9. The lowest BCUT2D eigenvalue weighted by molar-refractivity contribution is 0.0937. The number of rotatable bonds is 2. The van der Waals surface area contributed by atoms with E-state index in [2.05, 4.69) is 17.4 Å². The van der Waals surface area contributed by atoms with Crippen LogP contribution in [0.15, 0.2) is 18.2 Å². The highest BCUT2D eigenvalue weighted by molar-refractivity contribution is 5.94. The van der Waals surface area contributed by atoms with Crippen molar-refractivity contribution in [2.75, 3.05) is 0 Å². The molecule has 1 N–H and O–H groups in total. The van der Waals surface area contributed by atoms with Crippen molar-refractivity contribution in [3.05, 3.63) is 34.9 Å². The van der Waals surface area contributed by atoms with Gasteiger partial charge < -0.3 is 5.32 Å². The first kappa shape index (κ1) is 11.8. The van der Waals surface area contributed by atoms with Crippen molar-refractivity contribution in [3.63, 3.8) is 0 Å². The maximum absolute atomic E-state index is 12.2. The summed E-state index contributed by atoms with van der Waals surface area (Å²) in [7, 11) is 0. The molecule has 2 aliphatic carbocycles. The number of amides is 1. The molecule has 96 valence electrons. The minimum Gasteiger partial charge on any atom is -0.349 e. The van der Waals surface area contributed by atoms with Gasteiger partial charge in [0, 0.05) is 11.6 Å². The molecule has 0 unspecified atom stereocenters. The molecule has 0 bridgehead atoms. The van der Waals surface area contributed by atoms with Crippen LogP contribution < -0.4 is 5.32 Å². The number of hydrogen-bond donors (Lipinski definition) is 1. The SMILES string of the molecule is O=C(NC1CCCC1)c1ccc2c(c1)CCCC2. The van der Waals surface area contributed by atoms with E-state index in [0.717, 1.165) is 24.8 Å². The Hall–Kier alpha value is -1.31. The average molecular weight is 243 g/mol. The Kier molecular flexibility index (Phi) is 3.35. The predicted octanol–water partition coefficient (Wildman–Crippen LogP) is 3.24. The Morgan fingerprint density at radius 1 is 1.00 bits per heavy atom. The number of nitrogens with one attached hydrogen (secondary N) is 1. The molecule has 2 heteroatoms. The molecule has 0 aromatic heterocycles. The van der Waals surface area contributed by atoms with E-state index in [1.807, 2.05) is 6.07 Å². The molecule has 1 aromatic carbocycles. The number of hydrogen-bond acceptors (Lipinski definition) is 1. The first-order valence-corrected chi connectivity index (χ1v) is 7.25. The predicted molar refractivity (Wildman–Crippen MR) is 72.8 cm³/mol. The normalized spacial score (nSPS) is 19.6. The van der Waals surface area contributed by atoms with Gasteiger partial charge in [-0.2, -0.15) is 0 Å². The summed E-state index contributed by atoms with van der Waals surface area (Å²) >= 11 is 0. The van der Waals surface area contributed by atoms with Gasteiger partial charge in [0.2, 0.25) is 0 Å². The van der Waals surface area contributed by atoms with Crippen LogP contribution in [-0.2, 0) is 12.8 Å². The van der Waals surface area contributed by atoms with Gasteiger partial charge in [-0.25, -0.2) is 0 Å². The monoisotopic (exact) mass is 243 g/mol. The van der Waals surface area contributed by atoms with Gasteiger partial charge in [0.15, 0.2) is 0 Å². The van der Waals surface area contributed by atoms with Gasteiger partial charge in [-0.05, 0) is 61.8 Å². The molecule has 0 heterocycles. The Morgan fingerprint density at radius 3 is 2.50 bits per heavy atom. The van der Waals surface area contributed by atoms with Crippen molar-refractivity contribution in [1.82, 2.24) is 5.32 Å². The summed E-state index contributed by atoms with van der Waals surface area (Å²) in [6.45, 7) is 0. The molecule has 2 aliphatic rings. The zero-order chi connectivity index (χ0) is 12.4. The van der Waals surface area contributed by atoms with Gasteiger partial charge in [-0.1, -0.05) is 18.9 Å². The summed E-state index contributed by atoms with van der Waals surface area (Å²) < 4.78 is 0. The Bertz CT molecular complexity index is 446. The average Bonchev–Trinajstić information content (AvgIpc) is 2.91. The second-order valence-corrected chi connectivity index (χ2v) is 5.65. The van der Waals surface area contributed by atoms with E-state index >= 15 is 0 Å². The van der Waals surface area contributed by atoms with Crippen molar-refractivity contribution in [2.24, 2.45) is 0 Å². The van der Waals surface area contributed by atoms with Crippen molar-refractivity contribution in [2.45, 2.75) is 57.4 Å². The van der Waals surface area contributed by atoms with Gasteiger partial charge >= 0.3 is 0 Å². The standard InChI is InChI=1S/C16H21NO/c18-16(17-15-7-3-4-8-15)14-10-9-12-5-1-2-6-13(12)11-14/h9-11,15H,1-8H2,(H,17,18). The van der Waals surface area contributed by atoms with Crippen LogP contribution in [0.1, 0.15) is 60.0 Å². The van der Waals surface area contributed by atoms with Crippen molar-refractivity contribution in [1.29, 1.82) is 0 Å². The fourth-order valence-electron chi connectivity index (χ4n) is 3.21. The summed E-state index contributed by atoms with van der Waals surface area (Å²) in [5.74, 6) is 0.121. The van der Waals surface area contributed by atoms with E-state index < -0.39 is 0 Å². The van der Waals surface area contributed by atoms with Crippen LogP contribution in [0.3, 0.4) is 0 Å². The summed E-state index contributed by atoms with van der Waals surface area (Å²) in [5, 5.41) is 3.16. The third kappa shape index (κ3) is 2.43. The Balaban J connectivity index is 1.73. The zero-order valence-electron chi connectivity index (χ0n) is 10.9. The summed E-state index contributed by atoms with van der Waals surface area (Å²) in [5.41, 5.74) is 3.68. The summed E-state index contributed by atoms with van der Waals surface area (Å²) in [4.78, 5) is 12.2. The van der Waals surface area contributed by atoms with Crippen LogP contribution in [0.2, 0.25) is 0 Å². The highest BCUT2D eigenvalue weighted by Crippen LogP contribution is 2.23. The van der Waals surface area contributed by atoms with E-state index in [0.29, 0.717) is 6.04 Å². The molecule has 18 heavy (non-hydrogen) atoms. The maximum atomic E-state index is 12.2. The lowest BCUT2D eigenvalue weighted by atomic mass is 9.90. The van der Waals surface area contributed by atoms with Crippen LogP contribution in [-0.4, -0.2) is 11.9 Å². The molecule has 1 amide bonds. The third-order valence-corrected chi connectivity index (χ3v) is 4.30. The second kappa shape index (κ2) is 5.13. The smallest absolute Gasteiger partial charge is 0.251 e. The van der Waals surface area contributed by atoms with E-state index in [-0.39, 0.29) is 5.91 Å². The molecular weight excluding hydrogens is 222 g/mol. The van der Waals surface area contributed by atoms with Crippen molar-refractivity contribution in [3.8, 4) is 0 Å². The Labute approximate surface area is 109 Å². The summed E-state index contributed by atoms with van der Waals surface area (Å²) in [6, 6.07) is 6.67. The van der Waals surface area contributed by atoms with Crippen LogP contribution in [0.25, 0.3) is 0 Å². The minimum atomic E-state index is 0.121. The van der Waals surface area contributed by atoms with Crippen molar-refractivity contribution >= 4 is 5.91 Å². The Morgan fingerprint density at radius 2 is 1.72 bits per heavy atom. The van der Waals surface area contributed by atoms with E-state index in [4.69, 9.17) is 0 Å². The number of carbonyl (C=O) groups excluding carboxylic acids is 1. The summed E-state index contributed by atoms with van der Waals surface area (Å²) in [6.07, 6.45) is 9.69. The quantitative estimate of drug-likeness (QED) is 0.849. The van der Waals surface area contributed by atoms with Gasteiger partial charge in [0.1, 0.15) is 0 Å². The lowest BCUT2D eigenvalue weighted by Crippen LogP contribution is -2.32. The topological polar surface area (TPSA) is 29.1 Å². The molecule has 1 aromatic rings. The number of fused-ring (bicyclic) bond motifs is 1. The van der Waals surface area contributed by atoms with Crippen molar-refractivity contribution < 1.29 is 4.79 Å². The number of carbonyl (C=O) groups is 1. The lowest BCUT2D eigenvalue weighted by Gasteiger charge is -2.17. The third-order valence-electron chi connectivity index (χ3n) is 4.30. The molecular formula is C16H21NO. The fraction of sp³-hybridized carbons (Fsp3) is 0.562. The molecule has 3 rings (SSSR count). The van der Waals surface area contributed by atoms with Gasteiger partial charge in [0.05, 0.1) is 0 Å². The molecule has 0 radical (unpaired) electrons. The molecule has 0 saturated heterocycles. The van der Waals surface area contributed by atoms with Crippen LogP contribution in [0, 0.1) is 0 Å². The first-order valence-electron chi connectivity index (χ1n) is 7.25. The van der Waals surface area contributed by atoms with Gasteiger partial charge in [-0.3, -0.25) is 4.79 Å². The van der Waals surface area contributed by atoms with Crippen LogP contribution in [0.5, 0.6) is 0 Å². The van der Waals surface area contributed by atoms with Gasteiger partial charge in [0.25, 0.3) is 5.91 Å². The first-order chi connectivity index (χ1) is 8.83. The molecule has 2 nitrogen and oxygen atoms in total. The number of benzene rings is 1. The van der Waals surface area contributed by atoms with Crippen LogP contribution >= 0.6 is 0 Å². The number of aryl methyl sites for hydroxylation is 2. The molecule has 0 aliphatic heterocycles. The molecule has 0 spiro atoms. The van der Waals surface area contributed by atoms with E-state index in [1.165, 1.54) is 43.2 Å². The fourth-order valence-corrected chi connectivity index (χ4v) is 3.21. The van der Waals surface area contributed by atoms with E-state index in [9.17, 15) is 4.79 Å². The molecule has 1 fully saturated rings. The highest BCUT2D eigenvalue weighted by Gasteiger charge is 2.19. The highest BCUT2D eigenvalue weighted by atomic mass is 16.1. The van der Waals surface area contributed by atoms with Crippen LogP contribution in [0.4, 0.5) is 0 Å². The second-order valence-electron chi connectivity index (χ2n) is 5.65. The molecule has 0 atom stereocenters. The largest absolute Gasteiger partial charge is 0.349 e. The maximum Gasteiger partial charge on any atom is 0.251 e. The molecule has 1 saturated carbocycles. The van der Waals surface area contributed by atoms with Gasteiger partial charge in [-0.15, -0.1) is 0 Å².